The van der Waals surface area contributed by atoms with Crippen molar-refractivity contribution >= 4 is 15.9 Å². The topological polar surface area (TPSA) is 89.0 Å². The molecule has 9 heteroatoms. The minimum Gasteiger partial charge on any atom is -0.372 e. The summed E-state index contributed by atoms with van der Waals surface area (Å²) in [4.78, 5) is 18.1. The van der Waals surface area contributed by atoms with Crippen molar-refractivity contribution in [2.75, 3.05) is 39.4 Å². The fourth-order valence-corrected chi connectivity index (χ4v) is 5.56. The van der Waals surface area contributed by atoms with Gasteiger partial charge in [-0.25, -0.2) is 8.42 Å². The minimum atomic E-state index is -3.54. The number of rotatable bonds is 5. The molecule has 4 heterocycles. The number of pyridine rings is 1. The summed E-state index contributed by atoms with van der Waals surface area (Å²) in [7, 11) is -3.54. The van der Waals surface area contributed by atoms with Gasteiger partial charge < -0.3 is 14.4 Å². The van der Waals surface area contributed by atoms with Gasteiger partial charge >= 0.3 is 0 Å². The van der Waals surface area contributed by atoms with Crippen LogP contribution >= 0.6 is 0 Å². The Morgan fingerprint density at radius 1 is 1.33 bits per heavy atom. The maximum atomic E-state index is 12.6. The summed E-state index contributed by atoms with van der Waals surface area (Å²) in [6, 6.07) is 3.16. The maximum absolute atomic E-state index is 12.6. The van der Waals surface area contributed by atoms with Crippen LogP contribution in [-0.2, 0) is 24.3 Å². The van der Waals surface area contributed by atoms with Gasteiger partial charge in [0.1, 0.15) is 11.5 Å². The fourth-order valence-electron chi connectivity index (χ4n) is 4.01. The Morgan fingerprint density at radius 2 is 2.11 bits per heavy atom. The van der Waals surface area contributed by atoms with Crippen LogP contribution in [0, 0.1) is 0 Å². The van der Waals surface area contributed by atoms with E-state index in [-0.39, 0.29) is 23.5 Å². The molecule has 3 aliphatic rings. The molecule has 3 saturated heterocycles. The molecular formula is C18H25N3O5S. The Hall–Kier alpha value is -1.55. The van der Waals surface area contributed by atoms with Crippen LogP contribution in [0.5, 0.6) is 0 Å². The number of amides is 1. The molecule has 8 nitrogen and oxygen atoms in total. The van der Waals surface area contributed by atoms with Crippen LogP contribution in [0.25, 0.3) is 0 Å². The van der Waals surface area contributed by atoms with E-state index >= 15 is 0 Å². The van der Waals surface area contributed by atoms with Crippen LogP contribution in [0.1, 0.15) is 25.7 Å². The van der Waals surface area contributed by atoms with E-state index in [1.807, 2.05) is 4.90 Å². The van der Waals surface area contributed by atoms with Crippen molar-refractivity contribution < 1.29 is 22.7 Å². The van der Waals surface area contributed by atoms with Crippen molar-refractivity contribution in [3.63, 3.8) is 0 Å². The largest absolute Gasteiger partial charge is 0.372 e. The molecule has 1 spiro atoms. The molecule has 4 rings (SSSR count). The second-order valence-electron chi connectivity index (χ2n) is 7.51. The van der Waals surface area contributed by atoms with Crippen LogP contribution in [0.15, 0.2) is 29.4 Å². The first-order valence-electron chi connectivity index (χ1n) is 9.42. The van der Waals surface area contributed by atoms with Crippen LogP contribution in [0.4, 0.5) is 0 Å². The molecule has 1 unspecified atom stereocenters. The average Bonchev–Trinajstić information content (AvgIpc) is 3.20. The number of likely N-dealkylation sites (tertiary alicyclic amines) is 1. The van der Waals surface area contributed by atoms with E-state index < -0.39 is 15.6 Å². The molecule has 0 N–H and O–H groups in total. The van der Waals surface area contributed by atoms with Crippen LogP contribution in [0.3, 0.4) is 0 Å². The third-order valence-corrected chi connectivity index (χ3v) is 7.33. The van der Waals surface area contributed by atoms with Crippen molar-refractivity contribution in [2.24, 2.45) is 0 Å². The molecule has 0 bridgehead atoms. The van der Waals surface area contributed by atoms with Crippen LogP contribution < -0.4 is 0 Å². The third kappa shape index (κ3) is 3.87. The summed E-state index contributed by atoms with van der Waals surface area (Å²) in [5.41, 5.74) is -0.505. The lowest BCUT2D eigenvalue weighted by Gasteiger charge is -2.52. The molecule has 1 aromatic heterocycles. The molecule has 148 valence electrons. The molecule has 0 saturated carbocycles. The smallest absolute Gasteiger partial charge is 0.248 e. The SMILES string of the molecule is O=C(COC1CCOC2(C1)CN(S(=O)(=O)c1cccnc1)C2)N1CCCC1. The average molecular weight is 395 g/mol. The van der Waals surface area contributed by atoms with Crippen molar-refractivity contribution in [1.82, 2.24) is 14.2 Å². The molecule has 0 radical (unpaired) electrons. The molecule has 3 fully saturated rings. The zero-order valence-corrected chi connectivity index (χ0v) is 16.1. The second-order valence-corrected chi connectivity index (χ2v) is 9.44. The first-order chi connectivity index (χ1) is 13.0. The predicted octanol–water partition coefficient (Wildman–Crippen LogP) is 0.643. The van der Waals surface area contributed by atoms with E-state index in [1.165, 1.54) is 10.5 Å². The molecule has 0 aliphatic carbocycles. The number of aromatic nitrogens is 1. The summed E-state index contributed by atoms with van der Waals surface area (Å²) < 4.78 is 38.4. The van der Waals surface area contributed by atoms with Crippen molar-refractivity contribution in [2.45, 2.75) is 42.3 Å². The molecule has 1 amide bonds. The van der Waals surface area contributed by atoms with Gasteiger partial charge in [-0.05, 0) is 31.4 Å². The summed E-state index contributed by atoms with van der Waals surface area (Å²) in [5.74, 6) is 0.0439. The van der Waals surface area contributed by atoms with Gasteiger partial charge in [-0.2, -0.15) is 4.31 Å². The summed E-state index contributed by atoms with van der Waals surface area (Å²) >= 11 is 0. The second kappa shape index (κ2) is 7.46. The highest BCUT2D eigenvalue weighted by Crippen LogP contribution is 2.38. The number of nitrogens with zero attached hydrogens (tertiary/aromatic N) is 3. The predicted molar refractivity (Wildman–Crippen MR) is 96.5 cm³/mol. The van der Waals surface area contributed by atoms with Gasteiger partial charge in [-0.15, -0.1) is 0 Å². The highest BCUT2D eigenvalue weighted by atomic mass is 32.2. The normalized spacial score (nSPS) is 25.5. The van der Waals surface area contributed by atoms with Gasteiger partial charge in [0, 0.05) is 51.6 Å². The maximum Gasteiger partial charge on any atom is 0.248 e. The van der Waals surface area contributed by atoms with E-state index in [1.54, 1.807) is 18.3 Å². The van der Waals surface area contributed by atoms with Gasteiger partial charge in [-0.3, -0.25) is 9.78 Å². The number of carbonyl (C=O) groups is 1. The zero-order chi connectivity index (χ0) is 18.9. The van der Waals surface area contributed by atoms with Gasteiger partial charge in [-0.1, -0.05) is 0 Å². The Kier molecular flexibility index (Phi) is 5.19. The van der Waals surface area contributed by atoms with Gasteiger partial charge in [0.2, 0.25) is 15.9 Å². The summed E-state index contributed by atoms with van der Waals surface area (Å²) in [6.07, 6.45) is 6.29. The standard InChI is InChI=1S/C18H25N3O5S/c22-17(20-7-1-2-8-20)12-25-15-5-9-26-18(10-15)13-21(14-18)27(23,24)16-4-3-6-19-11-16/h3-4,6,11,15H,1-2,5,7-10,12-14H2. The number of hydrogen-bond acceptors (Lipinski definition) is 6. The van der Waals surface area contributed by atoms with Gasteiger partial charge in [0.25, 0.3) is 0 Å². The third-order valence-electron chi connectivity index (χ3n) is 5.55. The lowest BCUT2D eigenvalue weighted by molar-refractivity contribution is -0.181. The van der Waals surface area contributed by atoms with Crippen LogP contribution in [0.2, 0.25) is 0 Å². The Bertz CT molecular complexity index is 773. The van der Waals surface area contributed by atoms with Crippen molar-refractivity contribution in [3.8, 4) is 0 Å². The first-order valence-corrected chi connectivity index (χ1v) is 10.9. The number of hydrogen-bond donors (Lipinski definition) is 0. The summed E-state index contributed by atoms with van der Waals surface area (Å²) in [5, 5.41) is 0. The van der Waals surface area contributed by atoms with Crippen molar-refractivity contribution in [1.29, 1.82) is 0 Å². The van der Waals surface area contributed by atoms with Crippen LogP contribution in [-0.4, -0.2) is 79.6 Å². The van der Waals surface area contributed by atoms with E-state index in [9.17, 15) is 13.2 Å². The van der Waals surface area contributed by atoms with Crippen molar-refractivity contribution in [3.05, 3.63) is 24.5 Å². The lowest BCUT2D eigenvalue weighted by Crippen LogP contribution is -2.67. The van der Waals surface area contributed by atoms with E-state index in [4.69, 9.17) is 9.47 Å². The van der Waals surface area contributed by atoms with E-state index in [0.29, 0.717) is 26.1 Å². The Morgan fingerprint density at radius 3 is 2.81 bits per heavy atom. The molecule has 3 aliphatic heterocycles. The highest BCUT2D eigenvalue weighted by molar-refractivity contribution is 7.89. The molecule has 0 aromatic carbocycles. The highest BCUT2D eigenvalue weighted by Gasteiger charge is 2.52. The van der Waals surface area contributed by atoms with Gasteiger partial charge in [0.15, 0.2) is 0 Å². The number of carbonyl (C=O) groups excluding carboxylic acids is 1. The number of sulfonamides is 1. The molecule has 1 atom stereocenters. The zero-order valence-electron chi connectivity index (χ0n) is 15.2. The van der Waals surface area contributed by atoms with E-state index in [0.717, 1.165) is 32.4 Å². The lowest BCUT2D eigenvalue weighted by atomic mass is 9.86. The Labute approximate surface area is 159 Å². The fraction of sp³-hybridized carbons (Fsp3) is 0.667. The Balaban J connectivity index is 1.31. The quantitative estimate of drug-likeness (QED) is 0.727. The molecular weight excluding hydrogens is 370 g/mol. The molecule has 1 aromatic rings. The van der Waals surface area contributed by atoms with Gasteiger partial charge in [0.05, 0.1) is 11.7 Å². The first kappa shape index (κ1) is 18.8. The minimum absolute atomic E-state index is 0.0439. The molecule has 27 heavy (non-hydrogen) atoms. The number of ether oxygens (including phenoxy) is 2. The monoisotopic (exact) mass is 395 g/mol. The van der Waals surface area contributed by atoms with E-state index in [2.05, 4.69) is 4.98 Å². The summed E-state index contributed by atoms with van der Waals surface area (Å²) in [6.45, 7) is 2.87.